The van der Waals surface area contributed by atoms with Gasteiger partial charge >= 0.3 is 0 Å². The smallest absolute Gasteiger partial charge is 0.243 e. The van der Waals surface area contributed by atoms with Crippen molar-refractivity contribution in [2.24, 2.45) is 5.92 Å². The third kappa shape index (κ3) is 3.04. The second-order valence-electron chi connectivity index (χ2n) is 6.07. The largest absolute Gasteiger partial charge is 0.345 e. The normalized spacial score (nSPS) is 24.8. The molecule has 130 valence electrons. The number of nitrogens with zero attached hydrogens (tertiary/aromatic N) is 1. The third-order valence-corrected chi connectivity index (χ3v) is 6.32. The van der Waals surface area contributed by atoms with Crippen LogP contribution in [-0.4, -0.2) is 16.4 Å². The predicted octanol–water partition coefficient (Wildman–Crippen LogP) is 6.49. The first-order valence-corrected chi connectivity index (χ1v) is 9.91. The highest BCUT2D eigenvalue weighted by Crippen LogP contribution is 2.57. The van der Waals surface area contributed by atoms with Gasteiger partial charge in [0, 0.05) is 5.69 Å². The number of rotatable bonds is 3. The minimum absolute atomic E-state index is 0.0731. The molecule has 7 heteroatoms. The maximum absolute atomic E-state index is 6.48. The van der Waals surface area contributed by atoms with E-state index in [4.69, 9.17) is 51.1 Å². The zero-order valence-electron chi connectivity index (χ0n) is 13.2. The second kappa shape index (κ2) is 6.86. The Morgan fingerprint density at radius 2 is 1.83 bits per heavy atom. The highest BCUT2D eigenvalue weighted by Gasteiger charge is 2.62. The van der Waals surface area contributed by atoms with Crippen LogP contribution in [0.25, 0.3) is 0 Å². The molecule has 0 radical (unpaired) electrons. The molecule has 0 aliphatic carbocycles. The average molecular weight is 425 g/mol. The van der Waals surface area contributed by atoms with Crippen LogP contribution in [0.2, 0.25) is 4.34 Å². The molecule has 2 heterocycles. The summed E-state index contributed by atoms with van der Waals surface area (Å²) in [6.45, 7) is 4.75. The molecule has 2 atom stereocenters. The zero-order chi connectivity index (χ0) is 17.5. The Bertz CT molecular complexity index is 700. The molecule has 1 fully saturated rings. The number of halogens is 4. The summed E-state index contributed by atoms with van der Waals surface area (Å²) in [5.74, 6) is 0.315. The van der Waals surface area contributed by atoms with Crippen LogP contribution < -0.4 is 4.90 Å². The summed E-state index contributed by atoms with van der Waals surface area (Å²) in [6, 6.07) is 13.6. The maximum Gasteiger partial charge on any atom is 0.243 e. The van der Waals surface area contributed by atoms with E-state index >= 15 is 0 Å². The maximum atomic E-state index is 6.48. The van der Waals surface area contributed by atoms with Crippen molar-refractivity contribution in [2.45, 2.75) is 29.4 Å². The molecule has 1 aliphatic rings. The van der Waals surface area contributed by atoms with E-state index < -0.39 is 9.52 Å². The predicted molar refractivity (Wildman–Crippen MR) is 105 cm³/mol. The van der Waals surface area contributed by atoms with E-state index in [1.165, 1.54) is 11.3 Å². The molecule has 1 saturated heterocycles. The number of alkyl halides is 3. The summed E-state index contributed by atoms with van der Waals surface area (Å²) in [6.07, 6.45) is 0. The van der Waals surface area contributed by atoms with Gasteiger partial charge in [-0.25, -0.2) is 0 Å². The number of para-hydroxylation sites is 1. The van der Waals surface area contributed by atoms with Crippen molar-refractivity contribution in [3.8, 4) is 0 Å². The summed E-state index contributed by atoms with van der Waals surface area (Å²) in [4.78, 5) is 2.87. The summed E-state index contributed by atoms with van der Waals surface area (Å²) in [5.41, 5.74) is -0.268. The third-order valence-electron chi connectivity index (χ3n) is 4.23. The fraction of sp³-hybridized carbons (Fsp3) is 0.412. The lowest BCUT2D eigenvalue weighted by molar-refractivity contribution is 0.00708. The summed E-state index contributed by atoms with van der Waals surface area (Å²) >= 11 is 27.0. The van der Waals surface area contributed by atoms with Gasteiger partial charge in [-0.15, -0.1) is 11.3 Å². The van der Waals surface area contributed by atoms with Crippen molar-refractivity contribution in [2.75, 3.05) is 11.5 Å². The molecule has 0 bridgehead atoms. The Morgan fingerprint density at radius 1 is 1.17 bits per heavy atom. The SMILES string of the molecule is CC(C)[C@H]1CO[C@](c2ccc(Cl)s2)(C(Cl)(Cl)Cl)N1c1ccccc1. The quantitative estimate of drug-likeness (QED) is 0.522. The first-order valence-electron chi connectivity index (χ1n) is 7.58. The topological polar surface area (TPSA) is 12.5 Å². The lowest BCUT2D eigenvalue weighted by Crippen LogP contribution is -2.55. The van der Waals surface area contributed by atoms with Crippen LogP contribution in [-0.2, 0) is 10.5 Å². The lowest BCUT2D eigenvalue weighted by atomic mass is 10.0. The van der Waals surface area contributed by atoms with Crippen molar-refractivity contribution < 1.29 is 4.74 Å². The number of benzene rings is 1. The molecule has 0 spiro atoms. The molecule has 24 heavy (non-hydrogen) atoms. The van der Waals surface area contributed by atoms with Crippen molar-refractivity contribution in [3.05, 3.63) is 51.7 Å². The molecule has 1 aliphatic heterocycles. The number of thiophene rings is 1. The first kappa shape index (κ1) is 18.6. The highest BCUT2D eigenvalue weighted by molar-refractivity contribution is 7.16. The molecular weight excluding hydrogens is 408 g/mol. The molecule has 1 aromatic heterocycles. The Kier molecular flexibility index (Phi) is 5.33. The summed E-state index contributed by atoms with van der Waals surface area (Å²) < 4.78 is 5.16. The molecule has 2 aromatic rings. The standard InChI is InChI=1S/C17H17Cl4NOS/c1-11(2)13-10-23-16(17(19,20)21,14-8-9-15(18)24-14)22(13)12-6-4-3-5-7-12/h3-9,11,13H,10H2,1-2H3/t13-,16-/m1/s1. The molecule has 0 saturated carbocycles. The van der Waals surface area contributed by atoms with Gasteiger partial charge in [-0.1, -0.05) is 78.5 Å². The van der Waals surface area contributed by atoms with E-state index in [0.717, 1.165) is 10.6 Å². The van der Waals surface area contributed by atoms with Gasteiger partial charge in [-0.05, 0) is 30.2 Å². The molecule has 0 amide bonds. The zero-order valence-corrected chi connectivity index (χ0v) is 17.0. The Labute approximate surface area is 166 Å². The fourth-order valence-electron chi connectivity index (χ4n) is 3.08. The second-order valence-corrected chi connectivity index (χ2v) is 10.1. The van der Waals surface area contributed by atoms with Gasteiger partial charge in [-0.3, -0.25) is 0 Å². The first-order chi connectivity index (χ1) is 11.3. The molecular formula is C17H17Cl4NOS. The van der Waals surface area contributed by atoms with Gasteiger partial charge in [0.05, 0.1) is 21.9 Å². The minimum atomic E-state index is -1.69. The monoisotopic (exact) mass is 423 g/mol. The van der Waals surface area contributed by atoms with Gasteiger partial charge in [0.25, 0.3) is 0 Å². The minimum Gasteiger partial charge on any atom is -0.345 e. The lowest BCUT2D eigenvalue weighted by Gasteiger charge is -2.45. The molecule has 0 N–H and O–H groups in total. The van der Waals surface area contributed by atoms with Crippen molar-refractivity contribution in [3.63, 3.8) is 0 Å². The van der Waals surface area contributed by atoms with Crippen LogP contribution in [0.4, 0.5) is 5.69 Å². The Hall–Kier alpha value is -0.160. The summed E-state index contributed by atoms with van der Waals surface area (Å²) in [7, 11) is 0. The van der Waals surface area contributed by atoms with Gasteiger partial charge in [-0.2, -0.15) is 0 Å². The molecule has 1 aromatic carbocycles. The Balaban J connectivity index is 2.23. The van der Waals surface area contributed by atoms with Gasteiger partial charge in [0.2, 0.25) is 9.52 Å². The molecule has 0 unspecified atom stereocenters. The van der Waals surface area contributed by atoms with Crippen LogP contribution in [0.5, 0.6) is 0 Å². The van der Waals surface area contributed by atoms with Crippen LogP contribution in [0.15, 0.2) is 42.5 Å². The van der Waals surface area contributed by atoms with Crippen molar-refractivity contribution in [1.82, 2.24) is 0 Å². The van der Waals surface area contributed by atoms with Crippen LogP contribution in [0, 0.1) is 5.92 Å². The number of hydrogen-bond acceptors (Lipinski definition) is 3. The highest BCUT2D eigenvalue weighted by atomic mass is 35.6. The molecule has 2 nitrogen and oxygen atoms in total. The van der Waals surface area contributed by atoms with Gasteiger partial charge < -0.3 is 9.64 Å². The van der Waals surface area contributed by atoms with Crippen molar-refractivity contribution in [1.29, 1.82) is 0 Å². The van der Waals surface area contributed by atoms with E-state index in [-0.39, 0.29) is 6.04 Å². The van der Waals surface area contributed by atoms with Gasteiger partial charge in [0.1, 0.15) is 0 Å². The number of hydrogen-bond donors (Lipinski definition) is 0. The van der Waals surface area contributed by atoms with Crippen LogP contribution >= 0.6 is 57.7 Å². The van der Waals surface area contributed by atoms with E-state index in [9.17, 15) is 0 Å². The summed E-state index contributed by atoms with van der Waals surface area (Å²) in [5, 5.41) is 0. The number of ether oxygens (including phenoxy) is 1. The van der Waals surface area contributed by atoms with Crippen LogP contribution in [0.3, 0.4) is 0 Å². The van der Waals surface area contributed by atoms with Gasteiger partial charge in [0.15, 0.2) is 0 Å². The van der Waals surface area contributed by atoms with Crippen molar-refractivity contribution >= 4 is 63.4 Å². The van der Waals surface area contributed by atoms with E-state index in [1.807, 2.05) is 36.4 Å². The van der Waals surface area contributed by atoms with E-state index in [1.54, 1.807) is 6.07 Å². The van der Waals surface area contributed by atoms with E-state index in [2.05, 4.69) is 18.7 Å². The van der Waals surface area contributed by atoms with Crippen LogP contribution in [0.1, 0.15) is 18.7 Å². The Morgan fingerprint density at radius 3 is 2.33 bits per heavy atom. The van der Waals surface area contributed by atoms with E-state index in [0.29, 0.717) is 16.9 Å². The average Bonchev–Trinajstić information content (AvgIpc) is 3.11. The number of anilines is 1. The fourth-order valence-corrected chi connectivity index (χ4v) is 5.23. The molecule has 3 rings (SSSR count).